The number of halogens is 2. The topological polar surface area (TPSA) is 86.4 Å². The molecule has 1 N–H and O–H groups in total. The predicted molar refractivity (Wildman–Crippen MR) is 105 cm³/mol. The highest BCUT2D eigenvalue weighted by Crippen LogP contribution is 2.24. The van der Waals surface area contributed by atoms with Gasteiger partial charge in [-0.25, -0.2) is 17.2 Å². The number of piperazine rings is 1. The number of amides is 1. The van der Waals surface area contributed by atoms with Crippen molar-refractivity contribution >= 4 is 15.9 Å². The lowest BCUT2D eigenvalue weighted by atomic mass is 10.1. The van der Waals surface area contributed by atoms with Crippen LogP contribution in [0.15, 0.2) is 59.6 Å². The van der Waals surface area contributed by atoms with E-state index in [9.17, 15) is 22.0 Å². The van der Waals surface area contributed by atoms with Crippen LogP contribution in [0.25, 0.3) is 11.3 Å². The summed E-state index contributed by atoms with van der Waals surface area (Å²) in [5.74, 6) is -2.59. The second-order valence-electron chi connectivity index (χ2n) is 6.80. The zero-order chi connectivity index (χ0) is 21.3. The summed E-state index contributed by atoms with van der Waals surface area (Å²) in [6.45, 7) is 0.430. The summed E-state index contributed by atoms with van der Waals surface area (Å²) in [7, 11) is -3.99. The lowest BCUT2D eigenvalue weighted by Crippen LogP contribution is -2.50. The second-order valence-corrected chi connectivity index (χ2v) is 8.73. The van der Waals surface area contributed by atoms with Crippen molar-refractivity contribution in [3.8, 4) is 11.3 Å². The van der Waals surface area contributed by atoms with Gasteiger partial charge in [0.05, 0.1) is 22.3 Å². The summed E-state index contributed by atoms with van der Waals surface area (Å²) in [5, 5.41) is 6.82. The number of sulfonamides is 1. The van der Waals surface area contributed by atoms with E-state index in [1.54, 1.807) is 4.90 Å². The van der Waals surface area contributed by atoms with Crippen LogP contribution < -0.4 is 0 Å². The standard InChI is InChI=1S/C20H18F2N4O3S/c21-17-7-6-15(12-18(17)22)30(28,29)26-10-8-25(9-11-26)20(27)16-13-23-24-19(16)14-4-2-1-3-5-14/h1-7,12-13H,8-11H2,(H,23,24). The molecule has 4 rings (SSSR count). The SMILES string of the molecule is O=C(c1cn[nH]c1-c1ccccc1)N1CCN(S(=O)(=O)c2ccc(F)c(F)c2)CC1. The molecule has 1 aliphatic rings. The predicted octanol–water partition coefficient (Wildman–Crippen LogP) is 2.50. The Morgan fingerprint density at radius 1 is 0.967 bits per heavy atom. The Hall–Kier alpha value is -3.11. The molecule has 0 radical (unpaired) electrons. The number of benzene rings is 2. The van der Waals surface area contributed by atoms with Crippen LogP contribution in [-0.4, -0.2) is 59.9 Å². The molecule has 2 aromatic carbocycles. The van der Waals surface area contributed by atoms with Crippen molar-refractivity contribution in [2.24, 2.45) is 0 Å². The van der Waals surface area contributed by atoms with Crippen molar-refractivity contribution < 1.29 is 22.0 Å². The smallest absolute Gasteiger partial charge is 0.257 e. The fourth-order valence-electron chi connectivity index (χ4n) is 3.36. The summed E-state index contributed by atoms with van der Waals surface area (Å²) in [6, 6.07) is 11.8. The van der Waals surface area contributed by atoms with Crippen LogP contribution >= 0.6 is 0 Å². The summed E-state index contributed by atoms with van der Waals surface area (Å²) in [6.07, 6.45) is 1.45. The minimum atomic E-state index is -3.99. The number of rotatable bonds is 4. The number of carbonyl (C=O) groups excluding carboxylic acids is 1. The van der Waals surface area contributed by atoms with Crippen molar-refractivity contribution in [2.75, 3.05) is 26.2 Å². The van der Waals surface area contributed by atoms with Crippen molar-refractivity contribution in [2.45, 2.75) is 4.90 Å². The highest BCUT2D eigenvalue weighted by molar-refractivity contribution is 7.89. The molecule has 156 valence electrons. The Labute approximate surface area is 172 Å². The first-order valence-corrected chi connectivity index (χ1v) is 10.6. The lowest BCUT2D eigenvalue weighted by molar-refractivity contribution is 0.0698. The van der Waals surface area contributed by atoms with Gasteiger partial charge in [-0.2, -0.15) is 9.40 Å². The van der Waals surface area contributed by atoms with Gasteiger partial charge >= 0.3 is 0 Å². The molecule has 1 aliphatic heterocycles. The molecule has 30 heavy (non-hydrogen) atoms. The van der Waals surface area contributed by atoms with Gasteiger partial charge < -0.3 is 4.90 Å². The molecule has 0 aliphatic carbocycles. The maximum absolute atomic E-state index is 13.5. The molecule has 1 fully saturated rings. The zero-order valence-corrected chi connectivity index (χ0v) is 16.6. The van der Waals surface area contributed by atoms with Crippen LogP contribution in [0, 0.1) is 11.6 Å². The van der Waals surface area contributed by atoms with Crippen LogP contribution in [0.5, 0.6) is 0 Å². The largest absolute Gasteiger partial charge is 0.336 e. The first kappa shape index (κ1) is 20.2. The third kappa shape index (κ3) is 3.71. The summed E-state index contributed by atoms with van der Waals surface area (Å²) < 4.78 is 53.2. The van der Waals surface area contributed by atoms with Gasteiger partial charge in [-0.3, -0.25) is 9.89 Å². The average molecular weight is 432 g/mol. The number of carbonyl (C=O) groups is 1. The monoisotopic (exact) mass is 432 g/mol. The molecule has 2 heterocycles. The van der Waals surface area contributed by atoms with Gasteiger partial charge in [-0.15, -0.1) is 0 Å². The molecule has 0 bridgehead atoms. The Morgan fingerprint density at radius 2 is 1.67 bits per heavy atom. The number of hydrogen-bond acceptors (Lipinski definition) is 4. The first-order chi connectivity index (χ1) is 14.4. The number of nitrogens with zero attached hydrogens (tertiary/aromatic N) is 3. The van der Waals surface area contributed by atoms with Gasteiger partial charge in [0.25, 0.3) is 5.91 Å². The van der Waals surface area contributed by atoms with E-state index in [-0.39, 0.29) is 37.0 Å². The molecule has 3 aromatic rings. The van der Waals surface area contributed by atoms with E-state index < -0.39 is 21.7 Å². The first-order valence-electron chi connectivity index (χ1n) is 9.21. The van der Waals surface area contributed by atoms with Crippen LogP contribution in [0.1, 0.15) is 10.4 Å². The van der Waals surface area contributed by atoms with Crippen molar-refractivity contribution in [3.63, 3.8) is 0 Å². The Morgan fingerprint density at radius 3 is 2.33 bits per heavy atom. The fourth-order valence-corrected chi connectivity index (χ4v) is 4.80. The van der Waals surface area contributed by atoms with Gasteiger partial charge in [0.1, 0.15) is 0 Å². The molecule has 10 heteroatoms. The van der Waals surface area contributed by atoms with E-state index in [4.69, 9.17) is 0 Å². The molecule has 7 nitrogen and oxygen atoms in total. The third-order valence-corrected chi connectivity index (χ3v) is 6.88. The number of hydrogen-bond donors (Lipinski definition) is 1. The highest BCUT2D eigenvalue weighted by atomic mass is 32.2. The summed E-state index contributed by atoms with van der Waals surface area (Å²) in [5.41, 5.74) is 1.81. The number of nitrogens with one attached hydrogen (secondary N) is 1. The van der Waals surface area contributed by atoms with Gasteiger partial charge in [0, 0.05) is 31.7 Å². The lowest BCUT2D eigenvalue weighted by Gasteiger charge is -2.34. The van der Waals surface area contributed by atoms with E-state index in [1.165, 1.54) is 6.20 Å². The molecular weight excluding hydrogens is 414 g/mol. The molecule has 0 saturated carbocycles. The van der Waals surface area contributed by atoms with Gasteiger partial charge in [-0.05, 0) is 18.2 Å². The van der Waals surface area contributed by atoms with E-state index in [2.05, 4.69) is 10.2 Å². The fraction of sp³-hybridized carbons (Fsp3) is 0.200. The maximum Gasteiger partial charge on any atom is 0.257 e. The summed E-state index contributed by atoms with van der Waals surface area (Å²) in [4.78, 5) is 14.2. The van der Waals surface area contributed by atoms with Gasteiger partial charge in [-0.1, -0.05) is 30.3 Å². The van der Waals surface area contributed by atoms with Gasteiger partial charge in [0.2, 0.25) is 10.0 Å². The third-order valence-electron chi connectivity index (χ3n) is 4.99. The second kappa shape index (κ2) is 7.96. The van der Waals surface area contributed by atoms with Crippen LogP contribution in [0.3, 0.4) is 0 Å². The van der Waals surface area contributed by atoms with Crippen molar-refractivity contribution in [3.05, 3.63) is 71.9 Å². The number of aromatic nitrogens is 2. The minimum Gasteiger partial charge on any atom is -0.336 e. The normalized spacial score (nSPS) is 15.3. The van der Waals surface area contributed by atoms with Crippen molar-refractivity contribution in [1.82, 2.24) is 19.4 Å². The molecule has 1 aromatic heterocycles. The van der Waals surface area contributed by atoms with Crippen LogP contribution in [0.4, 0.5) is 8.78 Å². The maximum atomic E-state index is 13.5. The average Bonchev–Trinajstić information content (AvgIpc) is 3.25. The quantitative estimate of drug-likeness (QED) is 0.686. The minimum absolute atomic E-state index is 0.0472. The Balaban J connectivity index is 1.48. The zero-order valence-electron chi connectivity index (χ0n) is 15.8. The molecule has 1 saturated heterocycles. The number of aromatic amines is 1. The van der Waals surface area contributed by atoms with Gasteiger partial charge in [0.15, 0.2) is 11.6 Å². The molecule has 1 amide bonds. The van der Waals surface area contributed by atoms with E-state index in [0.29, 0.717) is 17.3 Å². The molecular formula is C20H18F2N4O3S. The Bertz CT molecular complexity index is 1170. The van der Waals surface area contributed by atoms with Crippen LogP contribution in [-0.2, 0) is 10.0 Å². The number of H-pyrrole nitrogens is 1. The highest BCUT2D eigenvalue weighted by Gasteiger charge is 2.32. The molecule has 0 spiro atoms. The summed E-state index contributed by atoms with van der Waals surface area (Å²) >= 11 is 0. The van der Waals surface area contributed by atoms with E-state index >= 15 is 0 Å². The van der Waals surface area contributed by atoms with Crippen LogP contribution in [0.2, 0.25) is 0 Å². The van der Waals surface area contributed by atoms with E-state index in [0.717, 1.165) is 22.0 Å². The molecule has 0 atom stereocenters. The Kier molecular flexibility index (Phi) is 5.35. The van der Waals surface area contributed by atoms with E-state index in [1.807, 2.05) is 30.3 Å². The van der Waals surface area contributed by atoms with Crippen molar-refractivity contribution in [1.29, 1.82) is 0 Å². The molecule has 0 unspecified atom stereocenters.